The lowest BCUT2D eigenvalue weighted by molar-refractivity contribution is 0.414. The fraction of sp³-hybridized carbons (Fsp3) is 0.333. The Hall–Kier alpha value is -1.56. The van der Waals surface area contributed by atoms with Gasteiger partial charge in [0.2, 0.25) is 10.0 Å². The van der Waals surface area contributed by atoms with Gasteiger partial charge in [0.15, 0.2) is 0 Å². The van der Waals surface area contributed by atoms with Crippen molar-refractivity contribution in [2.24, 2.45) is 5.92 Å². The molecule has 0 saturated carbocycles. The number of methoxy groups -OCH3 is 1. The molecule has 0 aliphatic carbocycles. The highest BCUT2D eigenvalue weighted by Gasteiger charge is 2.22. The second-order valence-corrected chi connectivity index (χ2v) is 8.18. The molecule has 0 aliphatic heterocycles. The molecule has 0 bridgehead atoms. The molecule has 24 heavy (non-hydrogen) atoms. The number of sulfonamides is 1. The fourth-order valence-corrected chi connectivity index (χ4v) is 3.79. The van der Waals surface area contributed by atoms with E-state index in [9.17, 15) is 8.42 Å². The van der Waals surface area contributed by atoms with Gasteiger partial charge in [0, 0.05) is 11.1 Å². The lowest BCUT2D eigenvalue weighted by atomic mass is 9.98. The summed E-state index contributed by atoms with van der Waals surface area (Å²) in [6.45, 7) is 4.13. The van der Waals surface area contributed by atoms with Crippen LogP contribution in [0.5, 0.6) is 5.75 Å². The lowest BCUT2D eigenvalue weighted by Crippen LogP contribution is -2.29. The maximum Gasteiger partial charge on any atom is 0.241 e. The van der Waals surface area contributed by atoms with Crippen molar-refractivity contribution < 1.29 is 13.2 Å². The summed E-state index contributed by atoms with van der Waals surface area (Å²) in [5.74, 6) is 1.08. The van der Waals surface area contributed by atoms with Crippen LogP contribution in [0.2, 0.25) is 5.02 Å². The number of ether oxygens (including phenoxy) is 1. The Morgan fingerprint density at radius 1 is 1.04 bits per heavy atom. The van der Waals surface area contributed by atoms with Crippen LogP contribution in [-0.2, 0) is 10.0 Å². The summed E-state index contributed by atoms with van der Waals surface area (Å²) >= 11 is 5.83. The van der Waals surface area contributed by atoms with E-state index < -0.39 is 10.0 Å². The van der Waals surface area contributed by atoms with Crippen LogP contribution in [0.15, 0.2) is 53.4 Å². The van der Waals surface area contributed by atoms with E-state index in [0.717, 1.165) is 11.3 Å². The summed E-state index contributed by atoms with van der Waals surface area (Å²) in [5, 5.41) is 0.503. The van der Waals surface area contributed by atoms with Crippen molar-refractivity contribution in [2.75, 3.05) is 7.11 Å². The minimum absolute atomic E-state index is 0.203. The van der Waals surface area contributed by atoms with Gasteiger partial charge in [-0.3, -0.25) is 0 Å². The molecule has 0 spiro atoms. The average Bonchev–Trinajstić information content (AvgIpc) is 2.54. The Bertz CT molecular complexity index is 756. The molecule has 0 radical (unpaired) electrons. The third-order valence-corrected chi connectivity index (χ3v) is 5.39. The SMILES string of the molecule is COc1ccc([C@H](CC(C)C)NS(=O)(=O)c2ccc(Cl)cc2)cc1. The minimum Gasteiger partial charge on any atom is -0.497 e. The van der Waals surface area contributed by atoms with Crippen molar-refractivity contribution in [3.05, 3.63) is 59.1 Å². The monoisotopic (exact) mass is 367 g/mol. The van der Waals surface area contributed by atoms with Crippen molar-refractivity contribution in [3.63, 3.8) is 0 Å². The van der Waals surface area contributed by atoms with Crippen LogP contribution in [0, 0.1) is 5.92 Å². The van der Waals surface area contributed by atoms with Crippen LogP contribution < -0.4 is 9.46 Å². The highest BCUT2D eigenvalue weighted by atomic mass is 35.5. The smallest absolute Gasteiger partial charge is 0.241 e. The minimum atomic E-state index is -3.63. The van der Waals surface area contributed by atoms with Gasteiger partial charge < -0.3 is 4.74 Å². The van der Waals surface area contributed by atoms with E-state index in [2.05, 4.69) is 18.6 Å². The molecule has 0 heterocycles. The Kier molecular flexibility index (Phi) is 6.27. The van der Waals surface area contributed by atoms with E-state index in [1.807, 2.05) is 24.3 Å². The molecule has 2 aromatic carbocycles. The van der Waals surface area contributed by atoms with Gasteiger partial charge in [-0.1, -0.05) is 37.6 Å². The highest BCUT2D eigenvalue weighted by Crippen LogP contribution is 2.26. The predicted octanol–water partition coefficient (Wildman–Crippen LogP) is 4.41. The van der Waals surface area contributed by atoms with Crippen molar-refractivity contribution >= 4 is 21.6 Å². The zero-order valence-corrected chi connectivity index (χ0v) is 15.6. The normalized spacial score (nSPS) is 13.0. The Balaban J connectivity index is 2.28. The van der Waals surface area contributed by atoms with Gasteiger partial charge in [-0.15, -0.1) is 0 Å². The number of benzene rings is 2. The Morgan fingerprint density at radius 2 is 1.62 bits per heavy atom. The molecular formula is C18H22ClNO3S. The Morgan fingerprint density at radius 3 is 2.12 bits per heavy atom. The third kappa shape index (κ3) is 4.97. The molecular weight excluding hydrogens is 346 g/mol. The van der Waals surface area contributed by atoms with Crippen LogP contribution in [0.25, 0.3) is 0 Å². The van der Waals surface area contributed by atoms with Gasteiger partial charge in [-0.25, -0.2) is 13.1 Å². The molecule has 2 aromatic rings. The Labute approximate surface area is 148 Å². The first-order chi connectivity index (χ1) is 11.3. The standard InChI is InChI=1S/C18H22ClNO3S/c1-13(2)12-18(14-4-8-16(23-3)9-5-14)20-24(21,22)17-10-6-15(19)7-11-17/h4-11,13,18,20H,12H2,1-3H3/t18-/m0/s1. The molecule has 6 heteroatoms. The number of rotatable bonds is 7. The molecule has 4 nitrogen and oxygen atoms in total. The number of hydrogen-bond acceptors (Lipinski definition) is 3. The molecule has 1 atom stereocenters. The zero-order chi connectivity index (χ0) is 17.7. The maximum atomic E-state index is 12.7. The van der Waals surface area contributed by atoms with Crippen LogP contribution in [0.4, 0.5) is 0 Å². The molecule has 2 rings (SSSR count). The topological polar surface area (TPSA) is 55.4 Å². The van der Waals surface area contributed by atoms with Crippen LogP contribution in [0.3, 0.4) is 0 Å². The predicted molar refractivity (Wildman–Crippen MR) is 97.0 cm³/mol. The summed E-state index contributed by atoms with van der Waals surface area (Å²) in [5.41, 5.74) is 0.905. The van der Waals surface area contributed by atoms with Crippen LogP contribution in [-0.4, -0.2) is 15.5 Å². The van der Waals surface area contributed by atoms with Gasteiger partial charge >= 0.3 is 0 Å². The first-order valence-electron chi connectivity index (χ1n) is 7.73. The average molecular weight is 368 g/mol. The quantitative estimate of drug-likeness (QED) is 0.788. The van der Waals surface area contributed by atoms with E-state index >= 15 is 0 Å². The molecule has 0 aliphatic rings. The second-order valence-electron chi connectivity index (χ2n) is 6.03. The van der Waals surface area contributed by atoms with E-state index in [1.165, 1.54) is 12.1 Å². The number of hydrogen-bond donors (Lipinski definition) is 1. The fourth-order valence-electron chi connectivity index (χ4n) is 2.43. The largest absolute Gasteiger partial charge is 0.497 e. The molecule has 0 amide bonds. The summed E-state index contributed by atoms with van der Waals surface area (Å²) in [6, 6.07) is 13.3. The van der Waals surface area contributed by atoms with E-state index in [1.54, 1.807) is 19.2 Å². The summed E-state index contributed by atoms with van der Waals surface area (Å²) in [4.78, 5) is 0.203. The summed E-state index contributed by atoms with van der Waals surface area (Å²) in [6.07, 6.45) is 0.694. The summed E-state index contributed by atoms with van der Waals surface area (Å²) < 4.78 is 33.3. The van der Waals surface area contributed by atoms with Crippen molar-refractivity contribution in [1.82, 2.24) is 4.72 Å². The third-order valence-electron chi connectivity index (χ3n) is 3.65. The van der Waals surface area contributed by atoms with Gasteiger partial charge in [0.1, 0.15) is 5.75 Å². The van der Waals surface area contributed by atoms with Gasteiger partial charge in [0.05, 0.1) is 12.0 Å². The van der Waals surface area contributed by atoms with Crippen LogP contribution >= 0.6 is 11.6 Å². The van der Waals surface area contributed by atoms with Crippen molar-refractivity contribution in [2.45, 2.75) is 31.2 Å². The zero-order valence-electron chi connectivity index (χ0n) is 14.0. The van der Waals surface area contributed by atoms with E-state index in [4.69, 9.17) is 16.3 Å². The van der Waals surface area contributed by atoms with Gasteiger partial charge in [-0.05, 0) is 54.3 Å². The number of nitrogens with one attached hydrogen (secondary N) is 1. The van der Waals surface area contributed by atoms with E-state index in [0.29, 0.717) is 17.4 Å². The van der Waals surface area contributed by atoms with Crippen LogP contribution in [0.1, 0.15) is 31.9 Å². The molecule has 0 unspecified atom stereocenters. The van der Waals surface area contributed by atoms with Crippen molar-refractivity contribution in [1.29, 1.82) is 0 Å². The van der Waals surface area contributed by atoms with E-state index in [-0.39, 0.29) is 10.9 Å². The number of halogens is 1. The molecule has 0 saturated heterocycles. The second kappa shape index (κ2) is 8.01. The van der Waals surface area contributed by atoms with Gasteiger partial charge in [0.25, 0.3) is 0 Å². The summed E-state index contributed by atoms with van der Waals surface area (Å²) in [7, 11) is -2.02. The molecule has 130 valence electrons. The molecule has 0 fully saturated rings. The lowest BCUT2D eigenvalue weighted by Gasteiger charge is -2.21. The first kappa shape index (κ1) is 18.8. The maximum absolute atomic E-state index is 12.7. The van der Waals surface area contributed by atoms with Gasteiger partial charge in [-0.2, -0.15) is 0 Å². The molecule has 1 N–H and O–H groups in total. The first-order valence-corrected chi connectivity index (χ1v) is 9.60. The highest BCUT2D eigenvalue weighted by molar-refractivity contribution is 7.89. The molecule has 0 aromatic heterocycles. The van der Waals surface area contributed by atoms with Crippen molar-refractivity contribution in [3.8, 4) is 5.75 Å².